The van der Waals surface area contributed by atoms with Gasteiger partial charge in [-0.1, -0.05) is 20.4 Å². The molecule has 0 saturated heterocycles. The van der Waals surface area contributed by atoms with E-state index in [2.05, 4.69) is 20.4 Å². The van der Waals surface area contributed by atoms with Crippen molar-refractivity contribution in [1.82, 2.24) is 0 Å². The van der Waals surface area contributed by atoms with Crippen LogP contribution in [0.5, 0.6) is 0 Å². The van der Waals surface area contributed by atoms with Crippen LogP contribution in [0.25, 0.3) is 0 Å². The van der Waals surface area contributed by atoms with Gasteiger partial charge in [0.2, 0.25) is 5.78 Å². The van der Waals surface area contributed by atoms with E-state index in [1.54, 1.807) is 6.92 Å². The zero-order valence-electron chi connectivity index (χ0n) is 17.8. The summed E-state index contributed by atoms with van der Waals surface area (Å²) in [5, 5.41) is 11.5. The van der Waals surface area contributed by atoms with Crippen molar-refractivity contribution in [1.29, 1.82) is 0 Å². The van der Waals surface area contributed by atoms with Gasteiger partial charge in [-0.15, -0.1) is 0 Å². The molecule has 0 radical (unpaired) electrons. The van der Waals surface area contributed by atoms with Gasteiger partial charge in [-0.25, -0.2) is 0 Å². The fourth-order valence-electron chi connectivity index (χ4n) is 7.83. The molecule has 0 aromatic rings. The van der Waals surface area contributed by atoms with Gasteiger partial charge in [0.05, 0.1) is 5.76 Å². The third-order valence-electron chi connectivity index (χ3n) is 9.54. The molecule has 0 bridgehead atoms. The summed E-state index contributed by atoms with van der Waals surface area (Å²) in [7, 11) is 0. The minimum absolute atomic E-state index is 0.0792. The molecule has 0 aromatic heterocycles. The van der Waals surface area contributed by atoms with Gasteiger partial charge in [0.15, 0.2) is 0 Å². The van der Waals surface area contributed by atoms with Crippen LogP contribution in [0.15, 0.2) is 12.3 Å². The van der Waals surface area contributed by atoms with Crippen LogP contribution < -0.4 is 0 Å². The van der Waals surface area contributed by atoms with E-state index in [-0.39, 0.29) is 23.2 Å². The molecule has 4 aliphatic carbocycles. The van der Waals surface area contributed by atoms with Gasteiger partial charge >= 0.3 is 0 Å². The highest BCUT2D eigenvalue weighted by Gasteiger charge is 2.66. The summed E-state index contributed by atoms with van der Waals surface area (Å²) in [5.74, 6) is 2.89. The van der Waals surface area contributed by atoms with Crippen LogP contribution in [0.4, 0.5) is 0 Å². The first-order valence-corrected chi connectivity index (χ1v) is 11.2. The molecule has 4 rings (SSSR count). The van der Waals surface area contributed by atoms with Crippen molar-refractivity contribution in [2.45, 2.75) is 84.2 Å². The second-order valence-corrected chi connectivity index (χ2v) is 10.7. The van der Waals surface area contributed by atoms with E-state index < -0.39 is 5.60 Å². The first kappa shape index (κ1) is 20.1. The van der Waals surface area contributed by atoms with E-state index in [1.165, 1.54) is 0 Å². The van der Waals surface area contributed by atoms with Crippen molar-refractivity contribution in [2.75, 3.05) is 6.61 Å². The van der Waals surface area contributed by atoms with Crippen LogP contribution in [-0.2, 0) is 14.3 Å². The van der Waals surface area contributed by atoms with E-state index in [0.717, 1.165) is 51.4 Å². The molecule has 0 aliphatic heterocycles. The molecule has 4 heteroatoms. The summed E-state index contributed by atoms with van der Waals surface area (Å²) < 4.78 is 5.37. The maximum atomic E-state index is 13.0. The van der Waals surface area contributed by atoms with Crippen molar-refractivity contribution in [3.63, 3.8) is 0 Å². The second kappa shape index (κ2) is 6.68. The van der Waals surface area contributed by atoms with E-state index in [0.29, 0.717) is 41.6 Å². The third kappa shape index (κ3) is 2.74. The smallest absolute Gasteiger partial charge is 0.202 e. The summed E-state index contributed by atoms with van der Waals surface area (Å²) in [6, 6.07) is 0. The summed E-state index contributed by atoms with van der Waals surface area (Å²) in [6.07, 6.45) is 8.23. The van der Waals surface area contributed by atoms with E-state index in [1.807, 2.05) is 0 Å². The number of fused-ring (bicyclic) bond motifs is 5. The topological polar surface area (TPSA) is 63.6 Å². The number of ketones is 2. The Morgan fingerprint density at radius 3 is 2.57 bits per heavy atom. The van der Waals surface area contributed by atoms with Crippen LogP contribution in [0.2, 0.25) is 0 Å². The van der Waals surface area contributed by atoms with E-state index >= 15 is 0 Å². The van der Waals surface area contributed by atoms with Gasteiger partial charge in [-0.2, -0.15) is 0 Å². The molecule has 4 nitrogen and oxygen atoms in total. The molecular weight excluding hydrogens is 352 g/mol. The Morgan fingerprint density at radius 1 is 1.14 bits per heavy atom. The fraction of sp³-hybridized carbons (Fsp3) is 0.833. The molecule has 4 fully saturated rings. The molecule has 1 N–H and O–H groups in total. The van der Waals surface area contributed by atoms with Crippen molar-refractivity contribution in [3.8, 4) is 0 Å². The molecule has 7 atom stereocenters. The lowest BCUT2D eigenvalue weighted by Gasteiger charge is -2.60. The lowest BCUT2D eigenvalue weighted by Crippen LogP contribution is -2.59. The number of hydrogen-bond donors (Lipinski definition) is 1. The average molecular weight is 389 g/mol. The number of rotatable bonds is 4. The van der Waals surface area contributed by atoms with Crippen molar-refractivity contribution in [3.05, 3.63) is 12.3 Å². The number of carbonyl (C=O) groups excluding carboxylic acids is 2. The highest BCUT2D eigenvalue weighted by atomic mass is 16.5. The van der Waals surface area contributed by atoms with Gasteiger partial charge < -0.3 is 9.84 Å². The van der Waals surface area contributed by atoms with E-state index in [4.69, 9.17) is 4.74 Å². The van der Waals surface area contributed by atoms with Crippen LogP contribution in [0.1, 0.15) is 78.6 Å². The Kier molecular flexibility index (Phi) is 4.80. The summed E-state index contributed by atoms with van der Waals surface area (Å²) in [5.41, 5.74) is -1.39. The monoisotopic (exact) mass is 388 g/mol. The Labute approximate surface area is 169 Å². The quantitative estimate of drug-likeness (QED) is 0.723. The first-order valence-electron chi connectivity index (χ1n) is 11.2. The Morgan fingerprint density at radius 2 is 1.86 bits per heavy atom. The summed E-state index contributed by atoms with van der Waals surface area (Å²) >= 11 is 0. The molecule has 4 aliphatic rings. The third-order valence-corrected chi connectivity index (χ3v) is 9.54. The molecule has 0 spiro atoms. The zero-order valence-corrected chi connectivity index (χ0v) is 17.8. The molecule has 28 heavy (non-hydrogen) atoms. The predicted molar refractivity (Wildman–Crippen MR) is 107 cm³/mol. The average Bonchev–Trinajstić information content (AvgIpc) is 2.92. The first-order chi connectivity index (χ1) is 13.1. The number of aliphatic hydroxyl groups is 1. The van der Waals surface area contributed by atoms with Gasteiger partial charge in [0.25, 0.3) is 0 Å². The molecule has 156 valence electrons. The second-order valence-electron chi connectivity index (χ2n) is 10.7. The zero-order chi connectivity index (χ0) is 20.3. The highest BCUT2D eigenvalue weighted by Crippen LogP contribution is 2.68. The summed E-state index contributed by atoms with van der Waals surface area (Å²) in [4.78, 5) is 25.0. The SMILES string of the molecule is C=C(C)OCC(=O)C1(O)CCC2C3CCC4CC(=O)CCC4(C)C3CCC21C. The van der Waals surface area contributed by atoms with Gasteiger partial charge in [0.1, 0.15) is 18.0 Å². The predicted octanol–water partition coefficient (Wildman–Crippen LogP) is 4.45. The van der Waals surface area contributed by atoms with Crippen molar-refractivity contribution < 1.29 is 19.4 Å². The number of allylic oxidation sites excluding steroid dienone is 1. The lowest BCUT2D eigenvalue weighted by atomic mass is 9.44. The van der Waals surface area contributed by atoms with Crippen LogP contribution in [0.3, 0.4) is 0 Å². The Hall–Kier alpha value is -1.16. The molecule has 7 unspecified atom stereocenters. The van der Waals surface area contributed by atoms with Crippen LogP contribution in [0, 0.1) is 34.5 Å². The van der Waals surface area contributed by atoms with Gasteiger partial charge in [-0.05, 0) is 81.0 Å². The number of Topliss-reactive ketones (excluding diaryl/α,β-unsaturated/α-hetero) is 2. The molecule has 0 heterocycles. The minimum atomic E-state index is -1.28. The van der Waals surface area contributed by atoms with Gasteiger partial charge in [-0.3, -0.25) is 9.59 Å². The number of carbonyl (C=O) groups is 2. The maximum absolute atomic E-state index is 13.0. The van der Waals surface area contributed by atoms with Crippen LogP contribution in [-0.4, -0.2) is 28.9 Å². The summed E-state index contributed by atoms with van der Waals surface area (Å²) in [6.45, 7) is 9.93. The maximum Gasteiger partial charge on any atom is 0.202 e. The van der Waals surface area contributed by atoms with Crippen molar-refractivity contribution >= 4 is 11.6 Å². The number of hydrogen-bond acceptors (Lipinski definition) is 4. The largest absolute Gasteiger partial charge is 0.491 e. The van der Waals surface area contributed by atoms with Gasteiger partial charge in [0, 0.05) is 18.3 Å². The number of ether oxygens (including phenoxy) is 1. The highest BCUT2D eigenvalue weighted by molar-refractivity contribution is 5.89. The molecular formula is C24H36O4. The fourth-order valence-corrected chi connectivity index (χ4v) is 7.83. The van der Waals surface area contributed by atoms with Crippen LogP contribution >= 0.6 is 0 Å². The van der Waals surface area contributed by atoms with Crippen molar-refractivity contribution in [2.24, 2.45) is 34.5 Å². The van der Waals surface area contributed by atoms with E-state index in [9.17, 15) is 14.7 Å². The normalized spacial score (nSPS) is 47.6. The molecule has 0 amide bonds. The molecule has 4 saturated carbocycles. The lowest BCUT2D eigenvalue weighted by molar-refractivity contribution is -0.172. The molecule has 0 aromatic carbocycles. The standard InChI is InChI=1S/C24H36O4/c1-15(2)28-14-21(26)24(27)12-9-20-18-6-5-16-13-17(25)7-10-22(16,3)19(18)8-11-23(20,24)4/h16,18-20,27H,1,5-14H2,2-4H3. The minimum Gasteiger partial charge on any atom is -0.491 e. The Bertz CT molecular complexity index is 699. The Balaban J connectivity index is 1.57.